The second-order valence-electron chi connectivity index (χ2n) is 2.60. The molecule has 0 aromatic carbocycles. The minimum absolute atomic E-state index is 0.00896. The quantitative estimate of drug-likeness (QED) is 0.474. The van der Waals surface area contributed by atoms with Crippen molar-refractivity contribution < 1.29 is 14.7 Å². The average molecular weight is 188 g/mol. The number of rotatable bonds is 7. The van der Waals surface area contributed by atoms with Crippen molar-refractivity contribution in [3.05, 3.63) is 0 Å². The summed E-state index contributed by atoms with van der Waals surface area (Å²) >= 11 is 0. The first-order valence-electron chi connectivity index (χ1n) is 4.36. The van der Waals surface area contributed by atoms with Gasteiger partial charge in [0.25, 0.3) is 0 Å². The number of hydrogen-bond acceptors (Lipinski definition) is 3. The average Bonchev–Trinajstić information content (AvgIpc) is 2.03. The fourth-order valence-electron chi connectivity index (χ4n) is 0.808. The van der Waals surface area contributed by atoms with Gasteiger partial charge in [-0.05, 0) is 6.92 Å². The monoisotopic (exact) mass is 188 g/mol. The molecule has 5 nitrogen and oxygen atoms in total. The lowest BCUT2D eigenvalue weighted by Gasteiger charge is -2.02. The summed E-state index contributed by atoms with van der Waals surface area (Å²) in [7, 11) is 0. The molecule has 0 bridgehead atoms. The van der Waals surface area contributed by atoms with Crippen LogP contribution in [0.1, 0.15) is 19.8 Å². The van der Waals surface area contributed by atoms with Crippen LogP contribution in [-0.2, 0) is 9.59 Å². The van der Waals surface area contributed by atoms with Crippen LogP contribution in [0.4, 0.5) is 0 Å². The van der Waals surface area contributed by atoms with Crippen molar-refractivity contribution in [3.8, 4) is 0 Å². The van der Waals surface area contributed by atoms with Crippen molar-refractivity contribution in [3.63, 3.8) is 0 Å². The number of nitrogens with one attached hydrogen (secondary N) is 2. The summed E-state index contributed by atoms with van der Waals surface area (Å²) in [4.78, 5) is 21.0. The number of carboxylic acids is 1. The predicted molar refractivity (Wildman–Crippen MR) is 48.4 cm³/mol. The lowest BCUT2D eigenvalue weighted by molar-refractivity contribution is -0.136. The number of aliphatic carboxylic acids is 1. The van der Waals surface area contributed by atoms with Crippen molar-refractivity contribution in [2.45, 2.75) is 19.8 Å². The lowest BCUT2D eigenvalue weighted by atomic mass is 10.3. The molecule has 0 aliphatic heterocycles. The molecule has 0 saturated heterocycles. The van der Waals surface area contributed by atoms with Crippen molar-refractivity contribution in [1.82, 2.24) is 10.6 Å². The molecule has 0 atom stereocenters. The molecule has 0 aromatic heterocycles. The van der Waals surface area contributed by atoms with Gasteiger partial charge in [0.15, 0.2) is 0 Å². The van der Waals surface area contributed by atoms with Gasteiger partial charge in [0.1, 0.15) is 0 Å². The minimum Gasteiger partial charge on any atom is -0.481 e. The van der Waals surface area contributed by atoms with E-state index in [0.29, 0.717) is 26.1 Å². The molecule has 1 amide bonds. The maximum absolute atomic E-state index is 10.9. The molecule has 0 radical (unpaired) electrons. The van der Waals surface area contributed by atoms with Crippen molar-refractivity contribution in [2.75, 3.05) is 19.6 Å². The standard InChI is InChI=1S/C8H16N2O3/c1-2-10-7(11)3-5-9-6-4-8(12)13/h9H,2-6H2,1H3,(H,10,11)(H,12,13). The van der Waals surface area contributed by atoms with Gasteiger partial charge in [-0.15, -0.1) is 0 Å². The topological polar surface area (TPSA) is 78.4 Å². The Morgan fingerprint density at radius 2 is 1.85 bits per heavy atom. The van der Waals surface area contributed by atoms with Gasteiger partial charge < -0.3 is 15.7 Å². The second kappa shape index (κ2) is 7.54. The summed E-state index contributed by atoms with van der Waals surface area (Å²) in [5.41, 5.74) is 0. The van der Waals surface area contributed by atoms with Gasteiger partial charge in [0.05, 0.1) is 6.42 Å². The summed E-state index contributed by atoms with van der Waals surface area (Å²) in [6, 6.07) is 0. The molecular formula is C8H16N2O3. The molecule has 0 aliphatic rings. The highest BCUT2D eigenvalue weighted by Crippen LogP contribution is 1.79. The van der Waals surface area contributed by atoms with E-state index in [0.717, 1.165) is 0 Å². The highest BCUT2D eigenvalue weighted by molar-refractivity contribution is 5.75. The molecule has 3 N–H and O–H groups in total. The summed E-state index contributed by atoms with van der Waals surface area (Å²) in [6.07, 6.45) is 0.489. The Kier molecular flexibility index (Phi) is 6.91. The molecule has 0 rings (SSSR count). The van der Waals surface area contributed by atoms with Crippen LogP contribution in [0.15, 0.2) is 0 Å². The van der Waals surface area contributed by atoms with Crippen LogP contribution in [0.25, 0.3) is 0 Å². The maximum Gasteiger partial charge on any atom is 0.304 e. The van der Waals surface area contributed by atoms with Gasteiger partial charge >= 0.3 is 5.97 Å². The highest BCUT2D eigenvalue weighted by atomic mass is 16.4. The molecule has 0 aliphatic carbocycles. The maximum atomic E-state index is 10.9. The van der Waals surface area contributed by atoms with Gasteiger partial charge in [-0.1, -0.05) is 0 Å². The summed E-state index contributed by atoms with van der Waals surface area (Å²) < 4.78 is 0. The van der Waals surface area contributed by atoms with Gasteiger partial charge in [-0.25, -0.2) is 0 Å². The Morgan fingerprint density at radius 3 is 2.38 bits per heavy atom. The number of carbonyl (C=O) groups is 2. The van der Waals surface area contributed by atoms with E-state index < -0.39 is 5.97 Å². The zero-order chi connectivity index (χ0) is 10.1. The third kappa shape index (κ3) is 8.81. The number of carbonyl (C=O) groups excluding carboxylic acids is 1. The van der Waals surface area contributed by atoms with Crippen LogP contribution >= 0.6 is 0 Å². The van der Waals surface area contributed by atoms with Gasteiger partial charge in [-0.3, -0.25) is 9.59 Å². The molecule has 0 saturated carbocycles. The van der Waals surface area contributed by atoms with E-state index in [4.69, 9.17) is 5.11 Å². The summed E-state index contributed by atoms with van der Waals surface area (Å²) in [5.74, 6) is -0.837. The third-order valence-electron chi connectivity index (χ3n) is 1.42. The van der Waals surface area contributed by atoms with Crippen LogP contribution in [0.3, 0.4) is 0 Å². The Labute approximate surface area is 77.5 Å². The lowest BCUT2D eigenvalue weighted by Crippen LogP contribution is -2.28. The molecule has 5 heteroatoms. The van der Waals surface area contributed by atoms with E-state index in [9.17, 15) is 9.59 Å². The fourth-order valence-corrected chi connectivity index (χ4v) is 0.808. The molecule has 13 heavy (non-hydrogen) atoms. The Morgan fingerprint density at radius 1 is 1.23 bits per heavy atom. The second-order valence-corrected chi connectivity index (χ2v) is 2.60. The minimum atomic E-state index is -0.828. The molecule has 76 valence electrons. The number of carboxylic acid groups (broad SMARTS) is 1. The first kappa shape index (κ1) is 11.9. The van der Waals surface area contributed by atoms with E-state index in [2.05, 4.69) is 10.6 Å². The highest BCUT2D eigenvalue weighted by Gasteiger charge is 1.99. The molecular weight excluding hydrogens is 172 g/mol. The molecule has 0 fully saturated rings. The molecule has 0 unspecified atom stereocenters. The van der Waals surface area contributed by atoms with Gasteiger partial charge in [0, 0.05) is 26.1 Å². The summed E-state index contributed by atoms with van der Waals surface area (Å²) in [5, 5.41) is 13.8. The van der Waals surface area contributed by atoms with Crippen molar-refractivity contribution in [1.29, 1.82) is 0 Å². The summed E-state index contributed by atoms with van der Waals surface area (Å²) in [6.45, 7) is 3.43. The Bertz CT molecular complexity index is 171. The van der Waals surface area contributed by atoms with E-state index in [1.165, 1.54) is 0 Å². The first-order chi connectivity index (χ1) is 6.16. The van der Waals surface area contributed by atoms with Gasteiger partial charge in [-0.2, -0.15) is 0 Å². The number of hydrogen-bond donors (Lipinski definition) is 3. The van der Waals surface area contributed by atoms with Crippen LogP contribution in [0.2, 0.25) is 0 Å². The fraction of sp³-hybridized carbons (Fsp3) is 0.750. The van der Waals surface area contributed by atoms with Crippen LogP contribution in [0.5, 0.6) is 0 Å². The zero-order valence-corrected chi connectivity index (χ0v) is 7.80. The molecule has 0 spiro atoms. The van der Waals surface area contributed by atoms with Crippen LogP contribution in [-0.4, -0.2) is 36.6 Å². The van der Waals surface area contributed by atoms with Crippen molar-refractivity contribution >= 4 is 11.9 Å². The van der Waals surface area contributed by atoms with E-state index in [1.54, 1.807) is 0 Å². The number of amides is 1. The van der Waals surface area contributed by atoms with E-state index >= 15 is 0 Å². The largest absolute Gasteiger partial charge is 0.481 e. The van der Waals surface area contributed by atoms with E-state index in [1.807, 2.05) is 6.92 Å². The normalized spacial score (nSPS) is 9.62. The van der Waals surface area contributed by atoms with Crippen LogP contribution in [0, 0.1) is 0 Å². The van der Waals surface area contributed by atoms with Gasteiger partial charge in [0.2, 0.25) is 5.91 Å². The SMILES string of the molecule is CCNC(=O)CCNCCC(=O)O. The Hall–Kier alpha value is -1.10. The first-order valence-corrected chi connectivity index (χ1v) is 4.36. The molecule has 0 aromatic rings. The van der Waals surface area contributed by atoms with Crippen LogP contribution < -0.4 is 10.6 Å². The Balaban J connectivity index is 3.16. The van der Waals surface area contributed by atoms with Crippen molar-refractivity contribution in [2.24, 2.45) is 0 Å². The molecule has 0 heterocycles. The van der Waals surface area contributed by atoms with E-state index in [-0.39, 0.29) is 12.3 Å². The third-order valence-corrected chi connectivity index (χ3v) is 1.42. The smallest absolute Gasteiger partial charge is 0.304 e. The predicted octanol–water partition coefficient (Wildman–Crippen LogP) is -0.423. The zero-order valence-electron chi connectivity index (χ0n) is 7.80.